The van der Waals surface area contributed by atoms with Gasteiger partial charge in [-0.15, -0.1) is 0 Å². The number of phenols is 1. The molecule has 3 rings (SSSR count). The molecular weight excluding hydrogens is 284 g/mol. The zero-order chi connectivity index (χ0) is 15.7. The van der Waals surface area contributed by atoms with E-state index in [4.69, 9.17) is 0 Å². The van der Waals surface area contributed by atoms with Crippen molar-refractivity contribution in [3.63, 3.8) is 0 Å². The molecule has 1 aromatic heterocycles. The van der Waals surface area contributed by atoms with Gasteiger partial charge in [-0.1, -0.05) is 12.1 Å². The highest BCUT2D eigenvalue weighted by Crippen LogP contribution is 2.25. The highest BCUT2D eigenvalue weighted by Gasteiger charge is 2.19. The number of aromatic hydroxyl groups is 2. The molecule has 0 unspecified atom stereocenters. The lowest BCUT2D eigenvalue weighted by Gasteiger charge is -2.08. The SMILES string of the molecule is O=C(Nc1ccc(O)cc1)c1c(O)c2ccccc2[nH]c1=O. The van der Waals surface area contributed by atoms with Crippen molar-refractivity contribution in [3.05, 3.63) is 64.4 Å². The van der Waals surface area contributed by atoms with Gasteiger partial charge in [0.25, 0.3) is 11.5 Å². The van der Waals surface area contributed by atoms with E-state index in [0.29, 0.717) is 16.6 Å². The van der Waals surface area contributed by atoms with Crippen molar-refractivity contribution in [2.75, 3.05) is 5.32 Å². The molecule has 3 aromatic rings. The van der Waals surface area contributed by atoms with E-state index in [9.17, 15) is 19.8 Å². The maximum Gasteiger partial charge on any atom is 0.265 e. The zero-order valence-electron chi connectivity index (χ0n) is 11.3. The summed E-state index contributed by atoms with van der Waals surface area (Å²) in [6, 6.07) is 12.4. The van der Waals surface area contributed by atoms with Crippen molar-refractivity contribution < 1.29 is 15.0 Å². The lowest BCUT2D eigenvalue weighted by molar-refractivity contribution is 0.102. The lowest BCUT2D eigenvalue weighted by Crippen LogP contribution is -2.23. The molecule has 0 saturated carbocycles. The molecule has 0 spiro atoms. The van der Waals surface area contributed by atoms with Gasteiger partial charge in [-0.25, -0.2) is 0 Å². The second-order valence-corrected chi connectivity index (χ2v) is 4.72. The first-order valence-electron chi connectivity index (χ1n) is 6.50. The van der Waals surface area contributed by atoms with Crippen LogP contribution in [-0.4, -0.2) is 21.1 Å². The number of para-hydroxylation sites is 1. The molecule has 0 aliphatic carbocycles. The van der Waals surface area contributed by atoms with Gasteiger partial charge >= 0.3 is 0 Å². The van der Waals surface area contributed by atoms with E-state index in [2.05, 4.69) is 10.3 Å². The number of aromatic nitrogens is 1. The lowest BCUT2D eigenvalue weighted by atomic mass is 10.1. The molecule has 110 valence electrons. The summed E-state index contributed by atoms with van der Waals surface area (Å²) < 4.78 is 0. The molecule has 0 radical (unpaired) electrons. The van der Waals surface area contributed by atoms with Gasteiger partial charge in [0.2, 0.25) is 0 Å². The van der Waals surface area contributed by atoms with Gasteiger partial charge in [-0.05, 0) is 36.4 Å². The fourth-order valence-electron chi connectivity index (χ4n) is 2.17. The zero-order valence-corrected chi connectivity index (χ0v) is 11.3. The van der Waals surface area contributed by atoms with E-state index in [1.165, 1.54) is 24.3 Å². The number of anilines is 1. The van der Waals surface area contributed by atoms with Crippen LogP contribution in [0.5, 0.6) is 11.5 Å². The molecule has 6 heteroatoms. The number of hydrogen-bond acceptors (Lipinski definition) is 4. The molecule has 2 aromatic carbocycles. The van der Waals surface area contributed by atoms with Crippen molar-refractivity contribution in [3.8, 4) is 11.5 Å². The van der Waals surface area contributed by atoms with Crippen molar-refractivity contribution in [2.24, 2.45) is 0 Å². The van der Waals surface area contributed by atoms with Crippen LogP contribution in [0.15, 0.2) is 53.3 Å². The average molecular weight is 296 g/mol. The first kappa shape index (κ1) is 13.7. The number of pyridine rings is 1. The number of H-pyrrole nitrogens is 1. The topological polar surface area (TPSA) is 102 Å². The minimum Gasteiger partial charge on any atom is -0.508 e. The molecule has 0 bridgehead atoms. The Kier molecular flexibility index (Phi) is 3.27. The Hall–Kier alpha value is -3.28. The summed E-state index contributed by atoms with van der Waals surface area (Å²) in [6.07, 6.45) is 0. The van der Waals surface area contributed by atoms with E-state index in [-0.39, 0.29) is 17.1 Å². The van der Waals surface area contributed by atoms with Crippen LogP contribution in [0.4, 0.5) is 5.69 Å². The Morgan fingerprint density at radius 2 is 1.68 bits per heavy atom. The van der Waals surface area contributed by atoms with Gasteiger partial charge in [-0.2, -0.15) is 0 Å². The quantitative estimate of drug-likeness (QED) is 0.544. The van der Waals surface area contributed by atoms with Crippen LogP contribution in [0, 0.1) is 0 Å². The number of aromatic amines is 1. The predicted molar refractivity (Wildman–Crippen MR) is 82.3 cm³/mol. The molecule has 0 fully saturated rings. The summed E-state index contributed by atoms with van der Waals surface area (Å²) in [5.74, 6) is -1.03. The largest absolute Gasteiger partial charge is 0.508 e. The number of carbonyl (C=O) groups is 1. The Balaban J connectivity index is 2.04. The molecule has 0 saturated heterocycles. The maximum absolute atomic E-state index is 12.2. The molecule has 0 atom stereocenters. The molecule has 6 nitrogen and oxygen atoms in total. The minimum atomic E-state index is -0.727. The van der Waals surface area contributed by atoms with Gasteiger partial charge < -0.3 is 20.5 Å². The fourth-order valence-corrected chi connectivity index (χ4v) is 2.17. The van der Waals surface area contributed by atoms with Crippen LogP contribution in [-0.2, 0) is 0 Å². The summed E-state index contributed by atoms with van der Waals surface area (Å²) >= 11 is 0. The first-order chi connectivity index (χ1) is 10.6. The van der Waals surface area contributed by atoms with Crippen LogP contribution in [0.3, 0.4) is 0 Å². The normalized spacial score (nSPS) is 10.5. The summed E-state index contributed by atoms with van der Waals surface area (Å²) in [6.45, 7) is 0. The second-order valence-electron chi connectivity index (χ2n) is 4.72. The number of carbonyl (C=O) groups excluding carboxylic acids is 1. The number of amides is 1. The average Bonchev–Trinajstić information content (AvgIpc) is 2.49. The highest BCUT2D eigenvalue weighted by atomic mass is 16.3. The van der Waals surface area contributed by atoms with Crippen LogP contribution in [0.25, 0.3) is 10.9 Å². The number of phenolic OH excluding ortho intramolecular Hbond substituents is 1. The number of benzene rings is 2. The number of fused-ring (bicyclic) bond motifs is 1. The van der Waals surface area contributed by atoms with Crippen LogP contribution < -0.4 is 10.9 Å². The highest BCUT2D eigenvalue weighted by molar-refractivity contribution is 6.08. The van der Waals surface area contributed by atoms with E-state index in [0.717, 1.165) is 0 Å². The molecule has 1 amide bonds. The van der Waals surface area contributed by atoms with Crippen LogP contribution >= 0.6 is 0 Å². The van der Waals surface area contributed by atoms with Crippen molar-refractivity contribution in [1.82, 2.24) is 4.98 Å². The summed E-state index contributed by atoms with van der Waals surface area (Å²) in [4.78, 5) is 26.8. The van der Waals surface area contributed by atoms with E-state index < -0.39 is 11.5 Å². The van der Waals surface area contributed by atoms with E-state index in [1.54, 1.807) is 24.3 Å². The monoisotopic (exact) mass is 296 g/mol. The number of rotatable bonds is 2. The Morgan fingerprint density at radius 3 is 2.41 bits per heavy atom. The summed E-state index contributed by atoms with van der Waals surface area (Å²) in [5.41, 5.74) is -0.180. The number of hydrogen-bond donors (Lipinski definition) is 4. The summed E-state index contributed by atoms with van der Waals surface area (Å²) in [5, 5.41) is 22.3. The molecule has 1 heterocycles. The van der Waals surface area contributed by atoms with E-state index in [1.807, 2.05) is 0 Å². The fraction of sp³-hybridized carbons (Fsp3) is 0. The van der Waals surface area contributed by atoms with E-state index >= 15 is 0 Å². The van der Waals surface area contributed by atoms with Crippen molar-refractivity contribution >= 4 is 22.5 Å². The molecule has 0 aliphatic rings. The summed E-state index contributed by atoms with van der Waals surface area (Å²) in [7, 11) is 0. The second kappa shape index (κ2) is 5.25. The Labute approximate surface area is 124 Å². The number of nitrogens with one attached hydrogen (secondary N) is 2. The maximum atomic E-state index is 12.2. The predicted octanol–water partition coefficient (Wildman–Crippen LogP) is 2.19. The van der Waals surface area contributed by atoms with Gasteiger partial charge in [0, 0.05) is 11.1 Å². The van der Waals surface area contributed by atoms with Crippen molar-refractivity contribution in [2.45, 2.75) is 0 Å². The minimum absolute atomic E-state index is 0.0596. The van der Waals surface area contributed by atoms with Crippen LogP contribution in [0.2, 0.25) is 0 Å². The molecular formula is C16H12N2O4. The molecule has 22 heavy (non-hydrogen) atoms. The third-order valence-corrected chi connectivity index (χ3v) is 3.25. The van der Waals surface area contributed by atoms with Crippen LogP contribution in [0.1, 0.15) is 10.4 Å². The van der Waals surface area contributed by atoms with Crippen molar-refractivity contribution in [1.29, 1.82) is 0 Å². The Morgan fingerprint density at radius 1 is 1.00 bits per heavy atom. The third-order valence-electron chi connectivity index (χ3n) is 3.25. The standard InChI is InChI=1S/C16H12N2O4/c19-10-7-5-9(6-8-10)17-15(21)13-14(20)11-3-1-2-4-12(11)18-16(13)22/h1-8,19H,(H,17,21)(H2,18,20,22). The smallest absolute Gasteiger partial charge is 0.265 e. The Bertz CT molecular complexity index is 914. The molecule has 0 aliphatic heterocycles. The van der Waals surface area contributed by atoms with Gasteiger partial charge in [0.15, 0.2) is 0 Å². The first-order valence-corrected chi connectivity index (χ1v) is 6.50. The van der Waals surface area contributed by atoms with Gasteiger partial charge in [-0.3, -0.25) is 9.59 Å². The van der Waals surface area contributed by atoms with Gasteiger partial charge in [0.1, 0.15) is 17.1 Å². The molecule has 4 N–H and O–H groups in total. The van der Waals surface area contributed by atoms with Gasteiger partial charge in [0.05, 0.1) is 5.52 Å². The third kappa shape index (κ3) is 2.37.